The van der Waals surface area contributed by atoms with Crippen molar-refractivity contribution in [3.63, 3.8) is 0 Å². The molecule has 1 fully saturated rings. The Kier molecular flexibility index (Phi) is 6.45. The molecule has 2 aromatic carbocycles. The van der Waals surface area contributed by atoms with E-state index in [2.05, 4.69) is 71.3 Å². The van der Waals surface area contributed by atoms with Crippen molar-refractivity contribution in [2.24, 2.45) is 0 Å². The average molecular weight is 497 g/mol. The van der Waals surface area contributed by atoms with Gasteiger partial charge in [0.15, 0.2) is 0 Å². The molecule has 3 aliphatic carbocycles. The molecule has 0 spiro atoms. The predicted molar refractivity (Wildman–Crippen MR) is 150 cm³/mol. The van der Waals surface area contributed by atoms with Crippen LogP contribution in [0.3, 0.4) is 0 Å². The minimum Gasteiger partial charge on any atom is -0.362 e. The number of carbonyl (C=O) groups excluding carboxylic acids is 1. The van der Waals surface area contributed by atoms with Crippen molar-refractivity contribution < 1.29 is 4.79 Å². The molecular weight excluding hydrogens is 460 g/mol. The lowest BCUT2D eigenvalue weighted by atomic mass is 9.91. The molecule has 1 heterocycles. The van der Waals surface area contributed by atoms with Crippen LogP contribution in [0.1, 0.15) is 60.9 Å². The molecule has 0 aliphatic heterocycles. The van der Waals surface area contributed by atoms with Crippen LogP contribution in [0, 0.1) is 0 Å². The highest BCUT2D eigenvalue weighted by atomic mass is 16.2. The summed E-state index contributed by atoms with van der Waals surface area (Å²) in [6, 6.07) is 15.1. The average Bonchev–Trinajstić information content (AvgIpc) is 3.27. The molecule has 6 rings (SSSR count). The van der Waals surface area contributed by atoms with E-state index in [0.29, 0.717) is 6.04 Å². The van der Waals surface area contributed by atoms with Crippen molar-refractivity contribution in [1.29, 1.82) is 0 Å². The molecule has 3 aromatic rings. The van der Waals surface area contributed by atoms with Gasteiger partial charge in [-0.3, -0.25) is 0 Å². The van der Waals surface area contributed by atoms with Gasteiger partial charge < -0.3 is 20.9 Å². The van der Waals surface area contributed by atoms with E-state index in [1.54, 1.807) is 0 Å². The van der Waals surface area contributed by atoms with Crippen molar-refractivity contribution in [3.8, 4) is 11.1 Å². The Labute approximate surface area is 219 Å². The van der Waals surface area contributed by atoms with Gasteiger partial charge in [-0.1, -0.05) is 30.3 Å². The second kappa shape index (κ2) is 10.0. The molecular formula is C30H36N6O. The van der Waals surface area contributed by atoms with Gasteiger partial charge in [-0.2, -0.15) is 4.98 Å². The van der Waals surface area contributed by atoms with Gasteiger partial charge in [-0.05, 0) is 92.2 Å². The Balaban J connectivity index is 1.02. The van der Waals surface area contributed by atoms with Gasteiger partial charge >= 0.3 is 6.03 Å². The lowest BCUT2D eigenvalue weighted by Gasteiger charge is -2.30. The highest BCUT2D eigenvalue weighted by Gasteiger charge is 2.25. The first-order valence-electron chi connectivity index (χ1n) is 13.7. The maximum Gasteiger partial charge on any atom is 0.319 e. The van der Waals surface area contributed by atoms with E-state index in [0.717, 1.165) is 62.4 Å². The third-order valence-electron chi connectivity index (χ3n) is 8.03. The zero-order valence-electron chi connectivity index (χ0n) is 21.8. The summed E-state index contributed by atoms with van der Waals surface area (Å²) in [6.07, 6.45) is 9.30. The number of rotatable bonds is 5. The van der Waals surface area contributed by atoms with E-state index in [1.807, 2.05) is 6.07 Å². The molecule has 37 heavy (non-hydrogen) atoms. The van der Waals surface area contributed by atoms with Crippen LogP contribution in [-0.2, 0) is 19.3 Å². The summed E-state index contributed by atoms with van der Waals surface area (Å²) in [5, 5.41) is 9.83. The number of aromatic nitrogens is 2. The van der Waals surface area contributed by atoms with E-state index in [-0.39, 0.29) is 12.1 Å². The Morgan fingerprint density at radius 1 is 0.892 bits per heavy atom. The number of urea groups is 1. The summed E-state index contributed by atoms with van der Waals surface area (Å²) in [5.74, 6) is 1.80. The maximum atomic E-state index is 12.7. The first-order valence-corrected chi connectivity index (χ1v) is 13.7. The van der Waals surface area contributed by atoms with Gasteiger partial charge in [-0.25, -0.2) is 9.78 Å². The number of nitrogens with zero attached hydrogens (tertiary/aromatic N) is 3. The Hall–Kier alpha value is -3.61. The number of anilines is 3. The molecule has 3 N–H and O–H groups in total. The zero-order chi connectivity index (χ0) is 25.4. The topological polar surface area (TPSA) is 82.2 Å². The number of hydrogen-bond donors (Lipinski definition) is 3. The lowest BCUT2D eigenvalue weighted by Crippen LogP contribution is -2.42. The highest BCUT2D eigenvalue weighted by molar-refractivity contribution is 5.90. The molecule has 0 radical (unpaired) electrons. The number of amides is 2. The maximum absolute atomic E-state index is 12.7. The number of nitrogens with one attached hydrogen (secondary N) is 3. The van der Waals surface area contributed by atoms with Crippen LogP contribution in [0.2, 0.25) is 0 Å². The van der Waals surface area contributed by atoms with Gasteiger partial charge in [0.25, 0.3) is 0 Å². The number of aryl methyl sites for hydroxylation is 1. The van der Waals surface area contributed by atoms with Crippen LogP contribution in [0.15, 0.2) is 42.5 Å². The standard InChI is InChI=1S/C30H36N6O/c1-36(2)28-26-9-5-6-10-27(26)34-29(35-28)31-21-11-13-22(14-12-21)32-30(37)33-23-15-16-25-20(18-23)17-19-7-3-4-8-24(19)25/h3-4,7-8,15-16,18,21-22H,5-6,9-14,17H2,1-2H3,(H,31,34,35)(H2,32,33,37). The van der Waals surface area contributed by atoms with Gasteiger partial charge in [0.05, 0.1) is 5.69 Å². The summed E-state index contributed by atoms with van der Waals surface area (Å²) < 4.78 is 0. The van der Waals surface area contributed by atoms with E-state index in [4.69, 9.17) is 9.97 Å². The molecule has 1 saturated carbocycles. The van der Waals surface area contributed by atoms with Crippen LogP contribution in [0.5, 0.6) is 0 Å². The quantitative estimate of drug-likeness (QED) is 0.338. The molecule has 0 bridgehead atoms. The molecule has 1 aromatic heterocycles. The predicted octanol–water partition coefficient (Wildman–Crippen LogP) is 5.54. The summed E-state index contributed by atoms with van der Waals surface area (Å²) in [4.78, 5) is 24.6. The monoisotopic (exact) mass is 496 g/mol. The van der Waals surface area contributed by atoms with Crippen molar-refractivity contribution >= 4 is 23.5 Å². The van der Waals surface area contributed by atoms with Gasteiger partial charge in [0.1, 0.15) is 5.82 Å². The smallest absolute Gasteiger partial charge is 0.319 e. The normalized spacial score (nSPS) is 19.8. The SMILES string of the molecule is CN(C)c1nc(NC2CCC(NC(=O)Nc3ccc4c(c3)Cc3ccccc3-4)CC2)nc2c1CCCC2. The van der Waals surface area contributed by atoms with Crippen molar-refractivity contribution in [2.75, 3.05) is 29.6 Å². The van der Waals surface area contributed by atoms with Crippen LogP contribution < -0.4 is 20.9 Å². The largest absolute Gasteiger partial charge is 0.362 e. The number of hydrogen-bond acceptors (Lipinski definition) is 5. The number of benzene rings is 2. The van der Waals surface area contributed by atoms with E-state index < -0.39 is 0 Å². The first-order chi connectivity index (χ1) is 18.0. The molecule has 0 atom stereocenters. The van der Waals surface area contributed by atoms with E-state index in [9.17, 15) is 4.79 Å². The molecule has 0 unspecified atom stereocenters. The molecule has 7 nitrogen and oxygen atoms in total. The minimum atomic E-state index is -0.125. The summed E-state index contributed by atoms with van der Waals surface area (Å²) in [7, 11) is 4.12. The van der Waals surface area contributed by atoms with Crippen molar-refractivity contribution in [1.82, 2.24) is 15.3 Å². The van der Waals surface area contributed by atoms with Crippen molar-refractivity contribution in [2.45, 2.75) is 69.9 Å². The Bertz CT molecular complexity index is 1310. The first kappa shape index (κ1) is 23.8. The summed E-state index contributed by atoms with van der Waals surface area (Å²) in [5.41, 5.74) is 8.56. The third kappa shape index (κ3) is 4.99. The Morgan fingerprint density at radius 2 is 1.65 bits per heavy atom. The van der Waals surface area contributed by atoms with Gasteiger partial charge in [0, 0.05) is 37.4 Å². The van der Waals surface area contributed by atoms with Gasteiger partial charge in [-0.15, -0.1) is 0 Å². The number of carbonyl (C=O) groups is 1. The van der Waals surface area contributed by atoms with Gasteiger partial charge in [0.2, 0.25) is 5.95 Å². The second-order valence-electron chi connectivity index (χ2n) is 10.9. The molecule has 192 valence electrons. The third-order valence-corrected chi connectivity index (χ3v) is 8.03. The molecule has 0 saturated heterocycles. The fourth-order valence-corrected chi connectivity index (χ4v) is 6.15. The lowest BCUT2D eigenvalue weighted by molar-refractivity contribution is 0.243. The van der Waals surface area contributed by atoms with Crippen LogP contribution in [-0.4, -0.2) is 42.2 Å². The molecule has 2 amide bonds. The summed E-state index contributed by atoms with van der Waals surface area (Å²) in [6.45, 7) is 0. The van der Waals surface area contributed by atoms with Crippen LogP contribution >= 0.6 is 0 Å². The zero-order valence-corrected chi connectivity index (χ0v) is 21.8. The molecule has 7 heteroatoms. The minimum absolute atomic E-state index is 0.125. The number of fused-ring (bicyclic) bond motifs is 4. The molecule has 3 aliphatic rings. The van der Waals surface area contributed by atoms with E-state index in [1.165, 1.54) is 46.4 Å². The van der Waals surface area contributed by atoms with Crippen LogP contribution in [0.25, 0.3) is 11.1 Å². The highest BCUT2D eigenvalue weighted by Crippen LogP contribution is 2.37. The Morgan fingerprint density at radius 3 is 2.49 bits per heavy atom. The fraction of sp³-hybridized carbons (Fsp3) is 0.433. The fourth-order valence-electron chi connectivity index (χ4n) is 6.15. The summed E-state index contributed by atoms with van der Waals surface area (Å²) >= 11 is 0. The van der Waals surface area contributed by atoms with Crippen molar-refractivity contribution in [3.05, 3.63) is 64.8 Å². The van der Waals surface area contributed by atoms with E-state index >= 15 is 0 Å². The second-order valence-corrected chi connectivity index (χ2v) is 10.9. The van der Waals surface area contributed by atoms with Crippen LogP contribution in [0.4, 0.5) is 22.2 Å².